The fraction of sp³-hybridized carbons (Fsp3) is 0.500. The van der Waals surface area contributed by atoms with E-state index < -0.39 is 18.1 Å². The molecule has 0 saturated heterocycles. The molecule has 78 valence electrons. The highest BCUT2D eigenvalue weighted by Gasteiger charge is 2.36. The first-order chi connectivity index (χ1) is 6.57. The Labute approximate surface area is 85.8 Å². The lowest BCUT2D eigenvalue weighted by molar-refractivity contribution is -0.145. The highest BCUT2D eigenvalue weighted by atomic mass is 32.2. The summed E-state index contributed by atoms with van der Waals surface area (Å²) in [4.78, 5) is 22.1. The lowest BCUT2D eigenvalue weighted by Gasteiger charge is -2.19. The first-order valence-corrected chi connectivity index (χ1v) is 4.93. The van der Waals surface area contributed by atoms with Gasteiger partial charge in [0.1, 0.15) is 0 Å². The van der Waals surface area contributed by atoms with Crippen molar-refractivity contribution < 1.29 is 19.4 Å². The number of rotatable bonds is 2. The van der Waals surface area contributed by atoms with Crippen molar-refractivity contribution in [2.75, 3.05) is 6.61 Å². The number of carboxylic acid groups (broad SMARTS) is 1. The minimum atomic E-state index is -1.14. The predicted octanol–water partition coefficient (Wildman–Crippen LogP) is 1.46. The zero-order valence-electron chi connectivity index (χ0n) is 7.89. The smallest absolute Gasteiger partial charge is 0.418 e. The Morgan fingerprint density at radius 1 is 1.71 bits per heavy atom. The van der Waals surface area contributed by atoms with Crippen LogP contribution in [-0.4, -0.2) is 34.1 Å². The molecule has 0 aromatic heterocycles. The van der Waals surface area contributed by atoms with E-state index in [0.717, 1.165) is 16.3 Å². The van der Waals surface area contributed by atoms with Gasteiger partial charge in [0.2, 0.25) is 0 Å². The zero-order valence-corrected chi connectivity index (χ0v) is 8.71. The zero-order chi connectivity index (χ0) is 10.7. The minimum absolute atomic E-state index is 0.251. The molecular weight excluding hydrogens is 206 g/mol. The van der Waals surface area contributed by atoms with Gasteiger partial charge >= 0.3 is 12.1 Å². The van der Waals surface area contributed by atoms with Gasteiger partial charge in [-0.25, -0.2) is 13.9 Å². The van der Waals surface area contributed by atoms with E-state index in [2.05, 4.69) is 0 Å². The van der Waals surface area contributed by atoms with Gasteiger partial charge in [-0.3, -0.25) is 0 Å². The van der Waals surface area contributed by atoms with Gasteiger partial charge in [0.15, 0.2) is 6.04 Å². The van der Waals surface area contributed by atoms with E-state index in [4.69, 9.17) is 9.84 Å². The molecule has 0 aromatic rings. The van der Waals surface area contributed by atoms with E-state index in [-0.39, 0.29) is 6.61 Å². The van der Waals surface area contributed by atoms with E-state index >= 15 is 0 Å². The Bertz CT molecular complexity index is 289. The Kier molecular flexibility index (Phi) is 3.40. The Morgan fingerprint density at radius 3 is 2.86 bits per heavy atom. The molecule has 1 aliphatic heterocycles. The molecule has 0 bridgehead atoms. The largest absolute Gasteiger partial charge is 0.464 e. The molecule has 0 radical (unpaired) electrons. The number of esters is 1. The Hall–Kier alpha value is -1.17. The number of hydrogen-bond acceptors (Lipinski definition) is 4. The van der Waals surface area contributed by atoms with Crippen molar-refractivity contribution in [1.29, 1.82) is 0 Å². The van der Waals surface area contributed by atoms with Crippen molar-refractivity contribution in [1.82, 2.24) is 4.31 Å². The van der Waals surface area contributed by atoms with E-state index in [1.165, 1.54) is 0 Å². The average Bonchev–Trinajstić information content (AvgIpc) is 2.47. The number of hydrogen-bond donors (Lipinski definition) is 1. The normalized spacial score (nSPS) is 20.6. The summed E-state index contributed by atoms with van der Waals surface area (Å²) in [5, 5.41) is 10.4. The SMILES string of the molecule is CCOC(=O)C1C(C)=CSN1C(=O)O. The van der Waals surface area contributed by atoms with Crippen LogP contribution >= 0.6 is 11.9 Å². The maximum Gasteiger partial charge on any atom is 0.418 e. The molecule has 6 heteroatoms. The standard InChI is InChI=1S/C8H11NO4S/c1-3-13-7(10)6-5(2)4-14-9(6)8(11)12/h4,6H,3H2,1-2H3,(H,11,12). The lowest BCUT2D eigenvalue weighted by Crippen LogP contribution is -2.38. The van der Waals surface area contributed by atoms with Crippen molar-refractivity contribution in [3.8, 4) is 0 Å². The van der Waals surface area contributed by atoms with Gasteiger partial charge in [-0.15, -0.1) is 0 Å². The third-order valence-electron chi connectivity index (χ3n) is 1.72. The third-order valence-corrected chi connectivity index (χ3v) is 2.79. The second-order valence-electron chi connectivity index (χ2n) is 2.73. The van der Waals surface area contributed by atoms with Crippen LogP contribution in [0.15, 0.2) is 11.0 Å². The molecule has 5 nitrogen and oxygen atoms in total. The first-order valence-electron chi connectivity index (χ1n) is 4.10. The maximum absolute atomic E-state index is 11.4. The number of carbonyl (C=O) groups is 2. The average molecular weight is 217 g/mol. The van der Waals surface area contributed by atoms with Crippen molar-refractivity contribution in [3.05, 3.63) is 11.0 Å². The molecule has 1 aliphatic rings. The van der Waals surface area contributed by atoms with Gasteiger partial charge in [-0.2, -0.15) is 0 Å². The Balaban J connectivity index is 2.76. The summed E-state index contributed by atoms with van der Waals surface area (Å²) in [7, 11) is 0. The lowest BCUT2D eigenvalue weighted by atomic mass is 10.1. The number of nitrogens with zero attached hydrogens (tertiary/aromatic N) is 1. The van der Waals surface area contributed by atoms with E-state index in [1.54, 1.807) is 19.3 Å². The summed E-state index contributed by atoms with van der Waals surface area (Å²) in [5.41, 5.74) is 0.691. The summed E-state index contributed by atoms with van der Waals surface area (Å²) in [6.07, 6.45) is -1.14. The van der Waals surface area contributed by atoms with Crippen molar-refractivity contribution in [2.24, 2.45) is 0 Å². The molecule has 0 aliphatic carbocycles. The molecular formula is C8H11NO4S. The van der Waals surface area contributed by atoms with Crippen LogP contribution in [0.4, 0.5) is 4.79 Å². The summed E-state index contributed by atoms with van der Waals surface area (Å²) < 4.78 is 5.76. The highest BCUT2D eigenvalue weighted by Crippen LogP contribution is 2.30. The van der Waals surface area contributed by atoms with Crippen LogP contribution in [0.5, 0.6) is 0 Å². The van der Waals surface area contributed by atoms with Crippen molar-refractivity contribution in [2.45, 2.75) is 19.9 Å². The van der Waals surface area contributed by atoms with Crippen LogP contribution < -0.4 is 0 Å². The predicted molar refractivity (Wildman–Crippen MR) is 51.6 cm³/mol. The fourth-order valence-corrected chi connectivity index (χ4v) is 1.98. The van der Waals surface area contributed by atoms with Crippen molar-refractivity contribution >= 4 is 24.0 Å². The molecule has 1 heterocycles. The van der Waals surface area contributed by atoms with Crippen LogP contribution in [0, 0.1) is 0 Å². The minimum Gasteiger partial charge on any atom is -0.464 e. The maximum atomic E-state index is 11.4. The van der Waals surface area contributed by atoms with E-state index in [1.807, 2.05) is 0 Å². The summed E-state index contributed by atoms with van der Waals surface area (Å²) in [6, 6.07) is -0.794. The third kappa shape index (κ3) is 2.01. The molecule has 1 N–H and O–H groups in total. The van der Waals surface area contributed by atoms with Crippen LogP contribution in [-0.2, 0) is 9.53 Å². The number of amides is 1. The number of carbonyl (C=O) groups excluding carboxylic acids is 1. The van der Waals surface area contributed by atoms with E-state index in [9.17, 15) is 9.59 Å². The topological polar surface area (TPSA) is 66.8 Å². The molecule has 14 heavy (non-hydrogen) atoms. The van der Waals surface area contributed by atoms with Gasteiger partial charge in [0.25, 0.3) is 0 Å². The van der Waals surface area contributed by atoms with Crippen LogP contribution in [0.25, 0.3) is 0 Å². The van der Waals surface area contributed by atoms with Gasteiger partial charge in [0.05, 0.1) is 6.61 Å². The second kappa shape index (κ2) is 4.36. The van der Waals surface area contributed by atoms with Crippen LogP contribution in [0.2, 0.25) is 0 Å². The van der Waals surface area contributed by atoms with Gasteiger partial charge in [-0.1, -0.05) is 0 Å². The molecule has 0 aromatic carbocycles. The molecule has 1 atom stereocenters. The van der Waals surface area contributed by atoms with Gasteiger partial charge in [-0.05, 0) is 36.8 Å². The van der Waals surface area contributed by atoms with E-state index in [0.29, 0.717) is 5.57 Å². The molecule has 1 unspecified atom stereocenters. The molecule has 0 saturated carbocycles. The monoisotopic (exact) mass is 217 g/mol. The van der Waals surface area contributed by atoms with Crippen molar-refractivity contribution in [3.63, 3.8) is 0 Å². The quantitative estimate of drug-likeness (QED) is 0.560. The molecule has 1 amide bonds. The summed E-state index contributed by atoms with van der Waals surface area (Å²) >= 11 is 0.992. The van der Waals surface area contributed by atoms with Gasteiger partial charge in [0, 0.05) is 0 Å². The fourth-order valence-electron chi connectivity index (χ4n) is 1.11. The second-order valence-corrected chi connectivity index (χ2v) is 3.57. The Morgan fingerprint density at radius 2 is 2.36 bits per heavy atom. The number of ether oxygens (including phenoxy) is 1. The summed E-state index contributed by atoms with van der Waals surface area (Å²) in [5.74, 6) is -0.520. The first kappa shape index (κ1) is 10.9. The van der Waals surface area contributed by atoms with Gasteiger partial charge < -0.3 is 9.84 Å². The summed E-state index contributed by atoms with van der Waals surface area (Å²) in [6.45, 7) is 3.64. The molecule has 0 spiro atoms. The molecule has 1 rings (SSSR count). The van der Waals surface area contributed by atoms with Crippen LogP contribution in [0.3, 0.4) is 0 Å². The van der Waals surface area contributed by atoms with Crippen LogP contribution in [0.1, 0.15) is 13.8 Å². The highest BCUT2D eigenvalue weighted by molar-refractivity contribution is 8.00. The molecule has 0 fully saturated rings.